The van der Waals surface area contributed by atoms with E-state index in [1.54, 1.807) is 0 Å². The van der Waals surface area contributed by atoms with Crippen molar-refractivity contribution in [2.75, 3.05) is 0 Å². The molecular formula is C16H26N2O. The van der Waals surface area contributed by atoms with E-state index in [1.165, 1.54) is 12.8 Å². The normalized spacial score (nSPS) is 33.2. The molecule has 0 aliphatic heterocycles. The van der Waals surface area contributed by atoms with Crippen molar-refractivity contribution in [1.82, 2.24) is 5.32 Å². The summed E-state index contributed by atoms with van der Waals surface area (Å²) in [6.45, 7) is 2.23. The van der Waals surface area contributed by atoms with Crippen LogP contribution in [0.5, 0.6) is 0 Å². The number of carbonyl (C=O) groups excluding carboxylic acids is 1. The van der Waals surface area contributed by atoms with Crippen LogP contribution in [0.15, 0.2) is 0 Å². The van der Waals surface area contributed by atoms with Crippen molar-refractivity contribution < 1.29 is 4.79 Å². The third-order valence-electron chi connectivity index (χ3n) is 4.93. The minimum Gasteiger partial charge on any atom is -0.338 e. The van der Waals surface area contributed by atoms with Crippen molar-refractivity contribution in [3.05, 3.63) is 0 Å². The van der Waals surface area contributed by atoms with Gasteiger partial charge in [-0.2, -0.15) is 5.26 Å². The molecule has 0 aromatic carbocycles. The van der Waals surface area contributed by atoms with Crippen molar-refractivity contribution >= 4 is 5.91 Å². The average Bonchev–Trinajstić information content (AvgIpc) is 2.71. The Morgan fingerprint density at radius 1 is 1.11 bits per heavy atom. The smallest absolute Gasteiger partial charge is 0.224 e. The van der Waals surface area contributed by atoms with Crippen LogP contribution in [0.3, 0.4) is 0 Å². The standard InChI is InChI=1S/C16H26N2O/c1-13-8-10-16(12-17,11-9-13)18-15(19)14-6-4-2-3-5-7-14/h13-14H,2-11H2,1H3,(H,18,19). The number of nitrogens with zero attached hydrogens (tertiary/aromatic N) is 1. The number of nitrogens with one attached hydrogen (secondary N) is 1. The fourth-order valence-electron chi connectivity index (χ4n) is 3.40. The molecule has 0 aromatic rings. The van der Waals surface area contributed by atoms with E-state index in [1.807, 2.05) is 0 Å². The number of rotatable bonds is 2. The van der Waals surface area contributed by atoms with Crippen LogP contribution in [0.25, 0.3) is 0 Å². The zero-order valence-electron chi connectivity index (χ0n) is 12.1. The van der Waals surface area contributed by atoms with Crippen molar-refractivity contribution in [3.63, 3.8) is 0 Å². The molecule has 0 spiro atoms. The van der Waals surface area contributed by atoms with E-state index in [2.05, 4.69) is 18.3 Å². The molecule has 19 heavy (non-hydrogen) atoms. The van der Waals surface area contributed by atoms with E-state index < -0.39 is 5.54 Å². The maximum atomic E-state index is 12.4. The average molecular weight is 262 g/mol. The van der Waals surface area contributed by atoms with Crippen LogP contribution in [0, 0.1) is 23.2 Å². The van der Waals surface area contributed by atoms with Crippen molar-refractivity contribution in [1.29, 1.82) is 5.26 Å². The molecule has 0 aromatic heterocycles. The molecule has 0 saturated heterocycles. The van der Waals surface area contributed by atoms with Crippen LogP contribution in [0.1, 0.15) is 71.1 Å². The highest BCUT2D eigenvalue weighted by atomic mass is 16.2. The van der Waals surface area contributed by atoms with Crippen molar-refractivity contribution in [3.8, 4) is 6.07 Å². The van der Waals surface area contributed by atoms with E-state index in [9.17, 15) is 10.1 Å². The van der Waals surface area contributed by atoms with Gasteiger partial charge in [0.1, 0.15) is 5.54 Å². The van der Waals surface area contributed by atoms with E-state index >= 15 is 0 Å². The first kappa shape index (κ1) is 14.4. The summed E-state index contributed by atoms with van der Waals surface area (Å²) < 4.78 is 0. The van der Waals surface area contributed by atoms with E-state index in [4.69, 9.17) is 0 Å². The minimum atomic E-state index is -0.574. The molecule has 2 aliphatic rings. The lowest BCUT2D eigenvalue weighted by molar-refractivity contribution is -0.127. The Morgan fingerprint density at radius 3 is 2.21 bits per heavy atom. The number of nitriles is 1. The molecule has 1 amide bonds. The van der Waals surface area contributed by atoms with Crippen LogP contribution in [0.2, 0.25) is 0 Å². The molecule has 2 aliphatic carbocycles. The molecule has 0 heterocycles. The van der Waals surface area contributed by atoms with E-state index in [0.29, 0.717) is 5.92 Å². The Kier molecular flexibility index (Phi) is 4.85. The van der Waals surface area contributed by atoms with Crippen LogP contribution >= 0.6 is 0 Å². The maximum Gasteiger partial charge on any atom is 0.224 e. The van der Waals surface area contributed by atoms with Gasteiger partial charge >= 0.3 is 0 Å². The number of hydrogen-bond acceptors (Lipinski definition) is 2. The number of amides is 1. The fraction of sp³-hybridized carbons (Fsp3) is 0.875. The molecule has 2 fully saturated rings. The summed E-state index contributed by atoms with van der Waals surface area (Å²) in [5.41, 5.74) is -0.574. The van der Waals surface area contributed by atoms with Crippen LogP contribution in [-0.4, -0.2) is 11.4 Å². The molecule has 0 unspecified atom stereocenters. The lowest BCUT2D eigenvalue weighted by atomic mass is 9.77. The third-order valence-corrected chi connectivity index (χ3v) is 4.93. The van der Waals surface area contributed by atoms with Gasteiger partial charge in [0.25, 0.3) is 0 Å². The second kappa shape index (κ2) is 6.41. The summed E-state index contributed by atoms with van der Waals surface area (Å²) in [6, 6.07) is 2.39. The summed E-state index contributed by atoms with van der Waals surface area (Å²) in [5.74, 6) is 0.973. The zero-order valence-corrected chi connectivity index (χ0v) is 12.1. The first-order valence-corrected chi connectivity index (χ1v) is 7.88. The fourth-order valence-corrected chi connectivity index (χ4v) is 3.40. The van der Waals surface area contributed by atoms with Gasteiger partial charge < -0.3 is 5.32 Å². The first-order chi connectivity index (χ1) is 9.15. The van der Waals surface area contributed by atoms with Gasteiger partial charge in [-0.15, -0.1) is 0 Å². The Labute approximate surface area is 116 Å². The Balaban J connectivity index is 1.94. The Hall–Kier alpha value is -1.04. The molecule has 3 nitrogen and oxygen atoms in total. The van der Waals surface area contributed by atoms with E-state index in [0.717, 1.165) is 51.4 Å². The first-order valence-electron chi connectivity index (χ1n) is 7.88. The quantitative estimate of drug-likeness (QED) is 0.774. The van der Waals surface area contributed by atoms with Gasteiger partial charge in [-0.1, -0.05) is 32.6 Å². The molecule has 0 radical (unpaired) electrons. The molecule has 2 rings (SSSR count). The predicted molar refractivity (Wildman–Crippen MR) is 75.3 cm³/mol. The number of carbonyl (C=O) groups is 1. The SMILES string of the molecule is CC1CCC(C#N)(NC(=O)C2CCCCCC2)CC1. The van der Waals surface area contributed by atoms with Gasteiger partial charge in [0.2, 0.25) is 5.91 Å². The minimum absolute atomic E-state index is 0.137. The highest BCUT2D eigenvalue weighted by molar-refractivity contribution is 5.80. The largest absolute Gasteiger partial charge is 0.338 e. The Morgan fingerprint density at radius 2 is 1.68 bits per heavy atom. The van der Waals surface area contributed by atoms with Crippen LogP contribution < -0.4 is 5.32 Å². The molecule has 1 N–H and O–H groups in total. The van der Waals surface area contributed by atoms with Crippen LogP contribution in [-0.2, 0) is 4.79 Å². The Bertz CT molecular complexity index is 342. The van der Waals surface area contributed by atoms with Crippen molar-refractivity contribution in [2.24, 2.45) is 11.8 Å². The molecule has 0 atom stereocenters. The summed E-state index contributed by atoms with van der Waals surface area (Å²) >= 11 is 0. The summed E-state index contributed by atoms with van der Waals surface area (Å²) in [7, 11) is 0. The maximum absolute atomic E-state index is 12.4. The lowest BCUT2D eigenvalue weighted by Crippen LogP contribution is -2.51. The summed E-state index contributed by atoms with van der Waals surface area (Å²) in [5, 5.41) is 12.6. The van der Waals surface area contributed by atoms with E-state index in [-0.39, 0.29) is 11.8 Å². The van der Waals surface area contributed by atoms with Crippen molar-refractivity contribution in [2.45, 2.75) is 76.7 Å². The number of hydrogen-bond donors (Lipinski definition) is 1. The van der Waals surface area contributed by atoms with Gasteiger partial charge in [0.15, 0.2) is 0 Å². The monoisotopic (exact) mass is 262 g/mol. The molecule has 2 saturated carbocycles. The highest BCUT2D eigenvalue weighted by Gasteiger charge is 2.37. The molecule has 106 valence electrons. The van der Waals surface area contributed by atoms with Gasteiger partial charge in [0, 0.05) is 5.92 Å². The third kappa shape index (κ3) is 3.72. The molecule has 3 heteroatoms. The summed E-state index contributed by atoms with van der Waals surface area (Å²) in [4.78, 5) is 12.4. The second-order valence-electron chi connectivity index (χ2n) is 6.55. The second-order valence-corrected chi connectivity index (χ2v) is 6.55. The zero-order chi connectivity index (χ0) is 13.7. The predicted octanol–water partition coefficient (Wildman–Crippen LogP) is 3.55. The van der Waals surface area contributed by atoms with Gasteiger partial charge in [-0.05, 0) is 44.4 Å². The summed E-state index contributed by atoms with van der Waals surface area (Å²) in [6.07, 6.45) is 10.6. The highest BCUT2D eigenvalue weighted by Crippen LogP contribution is 2.32. The van der Waals surface area contributed by atoms with Gasteiger partial charge in [-0.3, -0.25) is 4.79 Å². The topological polar surface area (TPSA) is 52.9 Å². The molecular weight excluding hydrogens is 236 g/mol. The van der Waals surface area contributed by atoms with Gasteiger partial charge in [-0.25, -0.2) is 0 Å². The van der Waals surface area contributed by atoms with Crippen LogP contribution in [0.4, 0.5) is 0 Å². The van der Waals surface area contributed by atoms with Gasteiger partial charge in [0.05, 0.1) is 6.07 Å². The lowest BCUT2D eigenvalue weighted by Gasteiger charge is -2.35. The molecule has 0 bridgehead atoms.